The van der Waals surface area contributed by atoms with Crippen molar-refractivity contribution < 1.29 is 14.4 Å². The molecule has 0 spiro atoms. The molecule has 8 nitrogen and oxygen atoms in total. The number of thiophene rings is 1. The number of nitrogens with zero attached hydrogens (tertiary/aromatic N) is 3. The highest BCUT2D eigenvalue weighted by atomic mass is 32.1. The van der Waals surface area contributed by atoms with Gasteiger partial charge in [0.05, 0.1) is 22.3 Å². The molecule has 0 saturated carbocycles. The van der Waals surface area contributed by atoms with Gasteiger partial charge in [-0.2, -0.15) is 10.1 Å². The van der Waals surface area contributed by atoms with Gasteiger partial charge in [-0.25, -0.2) is 0 Å². The summed E-state index contributed by atoms with van der Waals surface area (Å²) in [6.07, 6.45) is 1.92. The summed E-state index contributed by atoms with van der Waals surface area (Å²) in [5.41, 5.74) is 1.20. The first kappa shape index (κ1) is 14.4. The Bertz CT molecular complexity index is 749. The van der Waals surface area contributed by atoms with Crippen LogP contribution in [-0.4, -0.2) is 37.9 Å². The number of hydrogen-bond donors (Lipinski definition) is 3. The molecular weight excluding hydrogens is 306 g/mol. The average molecular weight is 319 g/mol. The minimum atomic E-state index is -0.293. The molecule has 0 aliphatic rings. The molecule has 0 aliphatic carbocycles. The van der Waals surface area contributed by atoms with Crippen molar-refractivity contribution in [3.05, 3.63) is 41.0 Å². The minimum absolute atomic E-state index is 0.163. The van der Waals surface area contributed by atoms with Crippen molar-refractivity contribution in [1.82, 2.24) is 25.7 Å². The fourth-order valence-corrected chi connectivity index (χ4v) is 2.64. The Morgan fingerprint density at radius 3 is 3.14 bits per heavy atom. The van der Waals surface area contributed by atoms with Crippen molar-refractivity contribution in [3.63, 3.8) is 0 Å². The van der Waals surface area contributed by atoms with Gasteiger partial charge in [0.2, 0.25) is 0 Å². The number of amides is 1. The second kappa shape index (κ2) is 6.50. The molecule has 3 aromatic heterocycles. The van der Waals surface area contributed by atoms with Gasteiger partial charge in [0.25, 0.3) is 11.8 Å². The summed E-state index contributed by atoms with van der Waals surface area (Å²) in [5.74, 6) is 0.384. The lowest BCUT2D eigenvalue weighted by molar-refractivity contribution is 0.0954. The second-order valence-electron chi connectivity index (χ2n) is 4.40. The lowest BCUT2D eigenvalue weighted by atomic mass is 10.2. The van der Waals surface area contributed by atoms with Crippen LogP contribution in [0.5, 0.6) is 0 Å². The molecule has 3 rings (SSSR count). The normalized spacial score (nSPS) is 10.8. The number of rotatable bonds is 6. The van der Waals surface area contributed by atoms with Crippen LogP contribution in [0.1, 0.15) is 22.1 Å². The van der Waals surface area contributed by atoms with Gasteiger partial charge >= 0.3 is 0 Å². The monoisotopic (exact) mass is 319 g/mol. The maximum absolute atomic E-state index is 12.2. The molecule has 3 heterocycles. The zero-order valence-corrected chi connectivity index (χ0v) is 12.3. The van der Waals surface area contributed by atoms with Crippen LogP contribution in [0.3, 0.4) is 0 Å². The van der Waals surface area contributed by atoms with Gasteiger partial charge in [0, 0.05) is 13.0 Å². The quantitative estimate of drug-likeness (QED) is 0.623. The molecule has 9 heteroatoms. The molecule has 22 heavy (non-hydrogen) atoms. The third-order valence-corrected chi connectivity index (χ3v) is 3.82. The number of carbonyl (C=O) groups is 1. The van der Waals surface area contributed by atoms with Gasteiger partial charge in [0.15, 0.2) is 5.82 Å². The van der Waals surface area contributed by atoms with Crippen LogP contribution in [0.2, 0.25) is 0 Å². The summed E-state index contributed by atoms with van der Waals surface area (Å²) >= 11 is 1.53. The Balaban J connectivity index is 1.60. The van der Waals surface area contributed by atoms with E-state index in [1.807, 2.05) is 17.5 Å². The Morgan fingerprint density at radius 1 is 1.50 bits per heavy atom. The molecule has 0 bridgehead atoms. The van der Waals surface area contributed by atoms with Crippen molar-refractivity contribution in [3.8, 4) is 10.6 Å². The van der Waals surface area contributed by atoms with Gasteiger partial charge in [-0.15, -0.1) is 11.3 Å². The van der Waals surface area contributed by atoms with E-state index in [2.05, 4.69) is 25.7 Å². The molecule has 0 fully saturated rings. The first-order valence-electron chi connectivity index (χ1n) is 6.55. The lowest BCUT2D eigenvalue weighted by Crippen LogP contribution is -2.26. The summed E-state index contributed by atoms with van der Waals surface area (Å²) in [5, 5.41) is 24.0. The summed E-state index contributed by atoms with van der Waals surface area (Å²) in [4.78, 5) is 17.1. The third-order valence-electron chi connectivity index (χ3n) is 2.93. The molecule has 0 aliphatic heterocycles. The molecule has 0 saturated heterocycles. The molecule has 3 N–H and O–H groups in total. The van der Waals surface area contributed by atoms with Crippen LogP contribution >= 0.6 is 11.3 Å². The van der Waals surface area contributed by atoms with Crippen LogP contribution in [0.4, 0.5) is 0 Å². The number of aliphatic hydroxyl groups excluding tert-OH is 1. The SMILES string of the molecule is O=C(NCCc1noc(CO)n1)c1cn[nH]c1-c1cccs1. The van der Waals surface area contributed by atoms with Gasteiger partial charge in [-0.05, 0) is 11.4 Å². The fraction of sp³-hybridized carbons (Fsp3) is 0.231. The molecule has 3 aromatic rings. The number of H-pyrrole nitrogens is 1. The first-order chi connectivity index (χ1) is 10.8. The predicted octanol–water partition coefficient (Wildman–Crippen LogP) is 0.986. The maximum Gasteiger partial charge on any atom is 0.255 e. The predicted molar refractivity (Wildman–Crippen MR) is 78.2 cm³/mol. The highest BCUT2D eigenvalue weighted by molar-refractivity contribution is 7.13. The van der Waals surface area contributed by atoms with E-state index in [0.717, 1.165) is 4.88 Å². The van der Waals surface area contributed by atoms with Crippen molar-refractivity contribution in [1.29, 1.82) is 0 Å². The standard InChI is InChI=1S/C13H13N5O3S/c19-7-11-16-10(18-21-11)3-4-14-13(20)8-6-15-17-12(8)9-2-1-5-22-9/h1-2,5-6,19H,3-4,7H2,(H,14,20)(H,15,17). The van der Waals surface area contributed by atoms with Crippen LogP contribution in [-0.2, 0) is 13.0 Å². The Labute approximate surface area is 129 Å². The lowest BCUT2D eigenvalue weighted by Gasteiger charge is -2.03. The number of aromatic amines is 1. The topological polar surface area (TPSA) is 117 Å². The summed E-state index contributed by atoms with van der Waals surface area (Å²) in [7, 11) is 0. The second-order valence-corrected chi connectivity index (χ2v) is 5.35. The van der Waals surface area contributed by atoms with Crippen LogP contribution < -0.4 is 5.32 Å². The highest BCUT2D eigenvalue weighted by Gasteiger charge is 2.15. The number of hydrogen-bond acceptors (Lipinski definition) is 7. The molecule has 0 aromatic carbocycles. The maximum atomic E-state index is 12.2. The van der Waals surface area contributed by atoms with E-state index in [-0.39, 0.29) is 18.4 Å². The summed E-state index contributed by atoms with van der Waals surface area (Å²) in [6, 6.07) is 3.84. The Hall–Kier alpha value is -2.52. The van der Waals surface area contributed by atoms with E-state index < -0.39 is 0 Å². The number of aromatic nitrogens is 4. The minimum Gasteiger partial charge on any atom is -0.387 e. The molecule has 1 amide bonds. The number of carbonyl (C=O) groups excluding carboxylic acids is 1. The zero-order chi connectivity index (χ0) is 15.4. The van der Waals surface area contributed by atoms with E-state index >= 15 is 0 Å². The van der Waals surface area contributed by atoms with Crippen LogP contribution in [0.15, 0.2) is 28.2 Å². The van der Waals surface area contributed by atoms with Gasteiger partial charge in [-0.3, -0.25) is 9.89 Å². The number of aliphatic hydroxyl groups is 1. The van der Waals surface area contributed by atoms with Crippen molar-refractivity contribution >= 4 is 17.2 Å². The zero-order valence-electron chi connectivity index (χ0n) is 11.4. The molecular formula is C13H13N5O3S. The average Bonchev–Trinajstić information content (AvgIpc) is 3.26. The molecule has 0 radical (unpaired) electrons. The van der Waals surface area contributed by atoms with Crippen LogP contribution in [0, 0.1) is 0 Å². The third kappa shape index (κ3) is 3.05. The van der Waals surface area contributed by atoms with Crippen molar-refractivity contribution in [2.24, 2.45) is 0 Å². The van der Waals surface area contributed by atoms with E-state index in [0.29, 0.717) is 30.0 Å². The van der Waals surface area contributed by atoms with Crippen molar-refractivity contribution in [2.75, 3.05) is 6.54 Å². The van der Waals surface area contributed by atoms with Crippen molar-refractivity contribution in [2.45, 2.75) is 13.0 Å². The highest BCUT2D eigenvalue weighted by Crippen LogP contribution is 2.25. The van der Waals surface area contributed by atoms with Gasteiger partial charge in [0.1, 0.15) is 6.61 Å². The van der Waals surface area contributed by atoms with Crippen LogP contribution in [0.25, 0.3) is 10.6 Å². The largest absolute Gasteiger partial charge is 0.387 e. The smallest absolute Gasteiger partial charge is 0.255 e. The fourth-order valence-electron chi connectivity index (χ4n) is 1.91. The molecule has 114 valence electrons. The van der Waals surface area contributed by atoms with E-state index in [4.69, 9.17) is 9.63 Å². The summed E-state index contributed by atoms with van der Waals surface area (Å²) in [6.45, 7) is 0.0663. The number of nitrogens with one attached hydrogen (secondary N) is 2. The summed E-state index contributed by atoms with van der Waals surface area (Å²) < 4.78 is 4.77. The molecule has 0 atom stereocenters. The molecule has 0 unspecified atom stereocenters. The van der Waals surface area contributed by atoms with Gasteiger partial charge < -0.3 is 14.9 Å². The van der Waals surface area contributed by atoms with E-state index in [1.54, 1.807) is 0 Å². The van der Waals surface area contributed by atoms with E-state index in [9.17, 15) is 4.79 Å². The first-order valence-corrected chi connectivity index (χ1v) is 7.43. The van der Waals surface area contributed by atoms with Gasteiger partial charge in [-0.1, -0.05) is 11.2 Å². The van der Waals surface area contributed by atoms with E-state index in [1.165, 1.54) is 17.5 Å². The Morgan fingerprint density at radius 2 is 2.41 bits per heavy atom. The Kier molecular flexibility index (Phi) is 4.26.